The molecular weight excluding hydrogens is 428 g/mol. The van der Waals surface area contributed by atoms with E-state index in [1.807, 2.05) is 0 Å². The van der Waals surface area contributed by atoms with E-state index in [4.69, 9.17) is 4.74 Å². The molecule has 12 heteroatoms. The molecule has 0 bridgehead atoms. The maximum Gasteiger partial charge on any atom is 0.411 e. The van der Waals surface area contributed by atoms with Crippen molar-refractivity contribution in [1.29, 1.82) is 0 Å². The summed E-state index contributed by atoms with van der Waals surface area (Å²) in [5, 5.41) is 19.2. The molecule has 2 aromatic carbocycles. The summed E-state index contributed by atoms with van der Waals surface area (Å²) in [7, 11) is -3.58. The highest BCUT2D eigenvalue weighted by Gasteiger charge is 2.18. The van der Waals surface area contributed by atoms with E-state index in [0.29, 0.717) is 11.3 Å². The molecule has 3 N–H and O–H groups in total. The monoisotopic (exact) mass is 450 g/mol. The molecule has 0 aliphatic carbocycles. The fourth-order valence-electron chi connectivity index (χ4n) is 2.54. The van der Waals surface area contributed by atoms with Crippen LogP contribution in [0, 0.1) is 10.1 Å². The van der Waals surface area contributed by atoms with Crippen molar-refractivity contribution in [3.05, 3.63) is 58.1 Å². The van der Waals surface area contributed by atoms with Gasteiger partial charge in [0.15, 0.2) is 9.84 Å². The highest BCUT2D eigenvalue weighted by Crippen LogP contribution is 2.27. The number of carbonyl (C=O) groups excluding carboxylic acids is 2. The van der Waals surface area contributed by atoms with Crippen LogP contribution in [-0.4, -0.2) is 51.3 Å². The summed E-state index contributed by atoms with van der Waals surface area (Å²) in [5.41, 5.74) is 0.447. The summed E-state index contributed by atoms with van der Waals surface area (Å²) in [6, 6.07) is 9.81. The molecule has 0 aliphatic rings. The zero-order valence-electron chi connectivity index (χ0n) is 16.9. The Kier molecular flexibility index (Phi) is 7.91. The lowest BCUT2D eigenvalue weighted by molar-refractivity contribution is -0.384. The summed E-state index contributed by atoms with van der Waals surface area (Å²) >= 11 is 0. The number of nitrogens with one attached hydrogen (secondary N) is 3. The minimum absolute atomic E-state index is 0.132. The number of sulfone groups is 1. The van der Waals surface area contributed by atoms with Crippen LogP contribution in [0.25, 0.3) is 0 Å². The Hall–Kier alpha value is -3.67. The van der Waals surface area contributed by atoms with Gasteiger partial charge in [-0.2, -0.15) is 0 Å². The van der Waals surface area contributed by atoms with Gasteiger partial charge in [0.05, 0.1) is 16.4 Å². The number of hydrogen-bond acceptors (Lipinski definition) is 8. The minimum atomic E-state index is -3.58. The van der Waals surface area contributed by atoms with Crippen LogP contribution in [0.15, 0.2) is 47.4 Å². The fourth-order valence-corrected chi connectivity index (χ4v) is 3.18. The zero-order chi connectivity index (χ0) is 23.0. The molecule has 2 rings (SSSR count). The van der Waals surface area contributed by atoms with Gasteiger partial charge >= 0.3 is 6.09 Å². The van der Waals surface area contributed by atoms with Gasteiger partial charge in [-0.15, -0.1) is 0 Å². The van der Waals surface area contributed by atoms with E-state index in [2.05, 4.69) is 16.0 Å². The summed E-state index contributed by atoms with van der Waals surface area (Å²) in [4.78, 5) is 34.2. The molecule has 0 aromatic heterocycles. The Morgan fingerprint density at radius 3 is 2.52 bits per heavy atom. The molecule has 31 heavy (non-hydrogen) atoms. The molecule has 11 nitrogen and oxygen atoms in total. The number of amides is 2. The Balaban J connectivity index is 1.95. The molecule has 0 aliphatic heterocycles. The Morgan fingerprint density at radius 2 is 1.87 bits per heavy atom. The number of benzene rings is 2. The van der Waals surface area contributed by atoms with Crippen LogP contribution < -0.4 is 16.0 Å². The smallest absolute Gasteiger partial charge is 0.411 e. The lowest BCUT2D eigenvalue weighted by atomic mass is 10.2. The second-order valence-electron chi connectivity index (χ2n) is 6.32. The third kappa shape index (κ3) is 6.96. The van der Waals surface area contributed by atoms with Gasteiger partial charge < -0.3 is 15.4 Å². The molecule has 166 valence electrons. The van der Waals surface area contributed by atoms with Crippen molar-refractivity contribution >= 4 is 38.9 Å². The number of rotatable bonds is 9. The molecule has 0 spiro atoms. The van der Waals surface area contributed by atoms with Gasteiger partial charge in [-0.1, -0.05) is 6.07 Å². The van der Waals surface area contributed by atoms with E-state index in [0.717, 1.165) is 12.3 Å². The van der Waals surface area contributed by atoms with E-state index < -0.39 is 26.8 Å². The van der Waals surface area contributed by atoms with Crippen LogP contribution in [0.2, 0.25) is 0 Å². The number of ether oxygens (including phenoxy) is 1. The topological polar surface area (TPSA) is 157 Å². The lowest BCUT2D eigenvalue weighted by Crippen LogP contribution is -2.29. The number of hydrogen-bond donors (Lipinski definition) is 3. The van der Waals surface area contributed by atoms with Gasteiger partial charge in [-0.25, -0.2) is 13.2 Å². The van der Waals surface area contributed by atoms with Crippen molar-refractivity contribution in [1.82, 2.24) is 5.32 Å². The molecule has 0 saturated heterocycles. The normalized spacial score (nSPS) is 10.8. The zero-order valence-corrected chi connectivity index (χ0v) is 17.7. The minimum Gasteiger partial charge on any atom is -0.450 e. The standard InChI is InChI=1S/C19H22N4O7S/c1-3-30-19(25)22-14-6-4-5-13(11-14)18(24)21-10-9-20-16-8-7-15(31(2,28)29)12-17(16)23(26)27/h4-8,11-12,20H,3,9-10H2,1-2H3,(H,21,24)(H,22,25). The SMILES string of the molecule is CCOC(=O)Nc1cccc(C(=O)NCCNc2ccc(S(C)(=O)=O)cc2[N+](=O)[O-])c1. The summed E-state index contributed by atoms with van der Waals surface area (Å²) in [6.45, 7) is 2.19. The largest absolute Gasteiger partial charge is 0.450 e. The second-order valence-corrected chi connectivity index (χ2v) is 8.33. The maximum atomic E-state index is 12.3. The summed E-state index contributed by atoms with van der Waals surface area (Å²) in [6.07, 6.45) is 0.333. The van der Waals surface area contributed by atoms with E-state index in [-0.39, 0.29) is 36.0 Å². The molecule has 0 radical (unpaired) electrons. The van der Waals surface area contributed by atoms with Gasteiger partial charge in [0, 0.05) is 36.7 Å². The number of nitrogens with zero attached hydrogens (tertiary/aromatic N) is 1. The van der Waals surface area contributed by atoms with E-state index in [1.165, 1.54) is 18.2 Å². The fraction of sp³-hybridized carbons (Fsp3) is 0.263. The van der Waals surface area contributed by atoms with Crippen molar-refractivity contribution in [2.24, 2.45) is 0 Å². The predicted molar refractivity (Wildman–Crippen MR) is 114 cm³/mol. The van der Waals surface area contributed by atoms with Crippen LogP contribution in [0.1, 0.15) is 17.3 Å². The van der Waals surface area contributed by atoms with Crippen LogP contribution in [0.4, 0.5) is 21.9 Å². The van der Waals surface area contributed by atoms with Crippen molar-refractivity contribution in [3.63, 3.8) is 0 Å². The molecule has 0 atom stereocenters. The first-order chi connectivity index (χ1) is 14.6. The maximum absolute atomic E-state index is 12.3. The first-order valence-electron chi connectivity index (χ1n) is 9.16. The van der Waals surface area contributed by atoms with Gasteiger partial charge in [-0.3, -0.25) is 20.2 Å². The first kappa shape index (κ1) is 23.6. The third-order valence-corrected chi connectivity index (χ3v) is 5.08. The average molecular weight is 450 g/mol. The number of nitro groups is 1. The number of nitro benzene ring substituents is 1. The molecule has 0 heterocycles. The summed E-state index contributed by atoms with van der Waals surface area (Å²) in [5.74, 6) is -0.406. The van der Waals surface area contributed by atoms with E-state index in [1.54, 1.807) is 25.1 Å². The Labute approximate surface area is 178 Å². The number of carbonyl (C=O) groups is 2. The molecule has 0 saturated carbocycles. The van der Waals surface area contributed by atoms with E-state index >= 15 is 0 Å². The van der Waals surface area contributed by atoms with Gasteiger partial charge in [0.2, 0.25) is 0 Å². The average Bonchev–Trinajstić information content (AvgIpc) is 2.70. The highest BCUT2D eigenvalue weighted by atomic mass is 32.2. The Morgan fingerprint density at radius 1 is 1.13 bits per heavy atom. The quantitative estimate of drug-likeness (QED) is 0.299. The molecule has 2 aromatic rings. The van der Waals surface area contributed by atoms with Crippen molar-refractivity contribution in [2.45, 2.75) is 11.8 Å². The van der Waals surface area contributed by atoms with Crippen molar-refractivity contribution in [2.75, 3.05) is 36.6 Å². The van der Waals surface area contributed by atoms with Crippen molar-refractivity contribution < 1.29 is 27.7 Å². The third-order valence-electron chi connectivity index (χ3n) is 3.97. The Bertz CT molecular complexity index is 1090. The van der Waals surface area contributed by atoms with Gasteiger partial charge in [0.25, 0.3) is 11.6 Å². The summed E-state index contributed by atoms with van der Waals surface area (Å²) < 4.78 is 27.9. The van der Waals surface area contributed by atoms with Gasteiger partial charge in [0.1, 0.15) is 5.69 Å². The van der Waals surface area contributed by atoms with Crippen LogP contribution in [0.5, 0.6) is 0 Å². The first-order valence-corrected chi connectivity index (χ1v) is 11.1. The lowest BCUT2D eigenvalue weighted by Gasteiger charge is -2.10. The van der Waals surface area contributed by atoms with Gasteiger partial charge in [-0.05, 0) is 37.3 Å². The van der Waals surface area contributed by atoms with Crippen LogP contribution >= 0.6 is 0 Å². The predicted octanol–water partition coefficient (Wildman–Crippen LogP) is 2.41. The second kappa shape index (κ2) is 10.4. The highest BCUT2D eigenvalue weighted by molar-refractivity contribution is 7.90. The number of anilines is 2. The molecular formula is C19H22N4O7S. The molecule has 0 unspecified atom stereocenters. The molecule has 2 amide bonds. The van der Waals surface area contributed by atoms with E-state index in [9.17, 15) is 28.1 Å². The molecule has 0 fully saturated rings. The van der Waals surface area contributed by atoms with Crippen LogP contribution in [-0.2, 0) is 14.6 Å². The van der Waals surface area contributed by atoms with Crippen LogP contribution in [0.3, 0.4) is 0 Å². The van der Waals surface area contributed by atoms with Crippen molar-refractivity contribution in [3.8, 4) is 0 Å².